The van der Waals surface area contributed by atoms with Crippen molar-refractivity contribution in [3.05, 3.63) is 24.0 Å². The lowest BCUT2D eigenvalue weighted by Crippen LogP contribution is -2.36. The SMILES string of the molecule is CC1(C(=O)NCc2cc[nH]c2)CCCC1. The van der Waals surface area contributed by atoms with E-state index in [1.807, 2.05) is 18.5 Å². The predicted octanol–water partition coefficient (Wildman–Crippen LogP) is 2.21. The Labute approximate surface area is 90.3 Å². The van der Waals surface area contributed by atoms with Gasteiger partial charge in [-0.2, -0.15) is 0 Å². The van der Waals surface area contributed by atoms with E-state index in [0.29, 0.717) is 6.54 Å². The molecule has 1 saturated carbocycles. The molecule has 0 radical (unpaired) electrons. The quantitative estimate of drug-likeness (QED) is 0.782. The lowest BCUT2D eigenvalue weighted by atomic mass is 9.88. The van der Waals surface area contributed by atoms with E-state index < -0.39 is 0 Å². The Morgan fingerprint density at radius 3 is 2.87 bits per heavy atom. The summed E-state index contributed by atoms with van der Waals surface area (Å²) >= 11 is 0. The van der Waals surface area contributed by atoms with Crippen LogP contribution in [0, 0.1) is 5.41 Å². The number of amides is 1. The van der Waals surface area contributed by atoms with Crippen LogP contribution in [0.4, 0.5) is 0 Å². The minimum Gasteiger partial charge on any atom is -0.367 e. The minimum absolute atomic E-state index is 0.115. The fourth-order valence-electron chi connectivity index (χ4n) is 2.25. The van der Waals surface area contributed by atoms with E-state index in [9.17, 15) is 4.79 Å². The maximum atomic E-state index is 11.9. The van der Waals surface area contributed by atoms with Gasteiger partial charge in [0, 0.05) is 24.4 Å². The highest BCUT2D eigenvalue weighted by atomic mass is 16.2. The second kappa shape index (κ2) is 4.09. The Hall–Kier alpha value is -1.25. The normalized spacial score (nSPS) is 19.0. The van der Waals surface area contributed by atoms with Crippen molar-refractivity contribution in [3.8, 4) is 0 Å². The molecule has 0 saturated heterocycles. The van der Waals surface area contributed by atoms with Gasteiger partial charge in [-0.3, -0.25) is 4.79 Å². The zero-order chi connectivity index (χ0) is 10.7. The van der Waals surface area contributed by atoms with E-state index in [4.69, 9.17) is 0 Å². The highest BCUT2D eigenvalue weighted by Crippen LogP contribution is 2.37. The highest BCUT2D eigenvalue weighted by molar-refractivity contribution is 5.82. The van der Waals surface area contributed by atoms with Crippen LogP contribution in [0.5, 0.6) is 0 Å². The van der Waals surface area contributed by atoms with E-state index in [1.54, 1.807) is 0 Å². The number of H-pyrrole nitrogens is 1. The molecule has 15 heavy (non-hydrogen) atoms. The van der Waals surface area contributed by atoms with Gasteiger partial charge in [-0.1, -0.05) is 19.8 Å². The molecule has 0 bridgehead atoms. The standard InChI is InChI=1S/C12H18N2O/c1-12(5-2-3-6-12)11(15)14-9-10-4-7-13-8-10/h4,7-8,13H,2-3,5-6,9H2,1H3,(H,14,15). The van der Waals surface area contributed by atoms with Crippen molar-refractivity contribution in [2.75, 3.05) is 0 Å². The molecule has 3 nitrogen and oxygen atoms in total. The van der Waals surface area contributed by atoms with Crippen molar-refractivity contribution in [1.29, 1.82) is 0 Å². The van der Waals surface area contributed by atoms with Gasteiger partial charge in [0.15, 0.2) is 0 Å². The van der Waals surface area contributed by atoms with Crippen LogP contribution in [0.1, 0.15) is 38.2 Å². The molecule has 1 amide bonds. The summed E-state index contributed by atoms with van der Waals surface area (Å²) in [5.74, 6) is 0.209. The topological polar surface area (TPSA) is 44.9 Å². The van der Waals surface area contributed by atoms with Gasteiger partial charge in [-0.05, 0) is 24.5 Å². The third-order valence-electron chi connectivity index (χ3n) is 3.37. The molecule has 1 aliphatic carbocycles. The Morgan fingerprint density at radius 1 is 1.53 bits per heavy atom. The van der Waals surface area contributed by atoms with Gasteiger partial charge in [0.05, 0.1) is 0 Å². The molecule has 0 unspecified atom stereocenters. The number of aromatic amines is 1. The van der Waals surface area contributed by atoms with E-state index in [2.05, 4.69) is 17.2 Å². The molecule has 0 aromatic carbocycles. The molecule has 82 valence electrons. The zero-order valence-electron chi connectivity index (χ0n) is 9.18. The molecule has 1 aromatic rings. The maximum absolute atomic E-state index is 11.9. The van der Waals surface area contributed by atoms with Crippen molar-refractivity contribution >= 4 is 5.91 Å². The summed E-state index contributed by atoms with van der Waals surface area (Å²) in [6, 6.07) is 1.98. The number of hydrogen-bond donors (Lipinski definition) is 2. The lowest BCUT2D eigenvalue weighted by Gasteiger charge is -2.21. The average molecular weight is 206 g/mol. The monoisotopic (exact) mass is 206 g/mol. The van der Waals surface area contributed by atoms with Crippen LogP contribution in [-0.2, 0) is 11.3 Å². The Morgan fingerprint density at radius 2 is 2.27 bits per heavy atom. The molecule has 2 rings (SSSR count). The molecule has 0 atom stereocenters. The van der Waals surface area contributed by atoms with Gasteiger partial charge >= 0.3 is 0 Å². The molecular weight excluding hydrogens is 188 g/mol. The molecule has 1 heterocycles. The van der Waals surface area contributed by atoms with Gasteiger partial charge < -0.3 is 10.3 Å². The number of carbonyl (C=O) groups excluding carboxylic acids is 1. The van der Waals surface area contributed by atoms with Crippen molar-refractivity contribution in [3.63, 3.8) is 0 Å². The zero-order valence-corrected chi connectivity index (χ0v) is 9.18. The third kappa shape index (κ3) is 2.22. The summed E-state index contributed by atoms with van der Waals surface area (Å²) in [5, 5.41) is 3.01. The summed E-state index contributed by atoms with van der Waals surface area (Å²) in [5.41, 5.74) is 1.01. The number of nitrogens with one attached hydrogen (secondary N) is 2. The lowest BCUT2D eigenvalue weighted by molar-refractivity contribution is -0.130. The smallest absolute Gasteiger partial charge is 0.226 e. The molecule has 3 heteroatoms. The summed E-state index contributed by atoms with van der Waals surface area (Å²) in [4.78, 5) is 14.9. The van der Waals surface area contributed by atoms with Crippen LogP contribution in [0.25, 0.3) is 0 Å². The predicted molar refractivity (Wildman–Crippen MR) is 59.2 cm³/mol. The number of carbonyl (C=O) groups is 1. The molecule has 2 N–H and O–H groups in total. The highest BCUT2D eigenvalue weighted by Gasteiger charge is 2.35. The maximum Gasteiger partial charge on any atom is 0.226 e. The molecular formula is C12H18N2O. The third-order valence-corrected chi connectivity index (χ3v) is 3.37. The van der Waals surface area contributed by atoms with Crippen LogP contribution in [-0.4, -0.2) is 10.9 Å². The first-order chi connectivity index (χ1) is 7.21. The summed E-state index contributed by atoms with van der Waals surface area (Å²) < 4.78 is 0. The first kappa shape index (κ1) is 10.3. The van der Waals surface area contributed by atoms with Gasteiger partial charge in [-0.25, -0.2) is 0 Å². The minimum atomic E-state index is -0.115. The van der Waals surface area contributed by atoms with E-state index >= 15 is 0 Å². The van der Waals surface area contributed by atoms with E-state index in [-0.39, 0.29) is 11.3 Å². The van der Waals surface area contributed by atoms with E-state index in [0.717, 1.165) is 18.4 Å². The second-order valence-corrected chi connectivity index (χ2v) is 4.67. The van der Waals surface area contributed by atoms with Crippen LogP contribution in [0.15, 0.2) is 18.5 Å². The second-order valence-electron chi connectivity index (χ2n) is 4.67. The van der Waals surface area contributed by atoms with Crippen molar-refractivity contribution in [2.45, 2.75) is 39.2 Å². The summed E-state index contributed by atoms with van der Waals surface area (Å²) in [7, 11) is 0. The van der Waals surface area contributed by atoms with Crippen LogP contribution in [0.3, 0.4) is 0 Å². The van der Waals surface area contributed by atoms with Crippen LogP contribution >= 0.6 is 0 Å². The van der Waals surface area contributed by atoms with Crippen molar-refractivity contribution in [2.24, 2.45) is 5.41 Å². The van der Waals surface area contributed by atoms with Gasteiger partial charge in [-0.15, -0.1) is 0 Å². The Balaban J connectivity index is 1.87. The van der Waals surface area contributed by atoms with E-state index in [1.165, 1.54) is 12.8 Å². The van der Waals surface area contributed by atoms with Crippen LogP contribution in [0.2, 0.25) is 0 Å². The van der Waals surface area contributed by atoms with Gasteiger partial charge in [0.25, 0.3) is 0 Å². The van der Waals surface area contributed by atoms with Crippen molar-refractivity contribution in [1.82, 2.24) is 10.3 Å². The largest absolute Gasteiger partial charge is 0.367 e. The fourth-order valence-corrected chi connectivity index (χ4v) is 2.25. The molecule has 1 fully saturated rings. The fraction of sp³-hybridized carbons (Fsp3) is 0.583. The number of rotatable bonds is 3. The molecule has 0 aliphatic heterocycles. The Kier molecular flexibility index (Phi) is 2.80. The Bertz CT molecular complexity index is 323. The average Bonchev–Trinajstić information content (AvgIpc) is 2.85. The van der Waals surface area contributed by atoms with Gasteiger partial charge in [0.1, 0.15) is 0 Å². The first-order valence-electron chi connectivity index (χ1n) is 5.61. The molecule has 1 aliphatic rings. The number of aromatic nitrogens is 1. The molecule has 0 spiro atoms. The van der Waals surface area contributed by atoms with Crippen LogP contribution < -0.4 is 5.32 Å². The number of hydrogen-bond acceptors (Lipinski definition) is 1. The first-order valence-corrected chi connectivity index (χ1v) is 5.61. The summed E-state index contributed by atoms with van der Waals surface area (Å²) in [6.45, 7) is 2.71. The van der Waals surface area contributed by atoms with Crippen molar-refractivity contribution < 1.29 is 4.79 Å². The van der Waals surface area contributed by atoms with Gasteiger partial charge in [0.2, 0.25) is 5.91 Å². The summed E-state index contributed by atoms with van der Waals surface area (Å²) in [6.07, 6.45) is 8.23. The molecule has 1 aromatic heterocycles.